The largest absolute Gasteiger partial charge is 0.378 e. The van der Waals surface area contributed by atoms with Crippen molar-refractivity contribution in [3.63, 3.8) is 0 Å². The van der Waals surface area contributed by atoms with Crippen molar-refractivity contribution in [2.75, 3.05) is 12.4 Å². The van der Waals surface area contributed by atoms with Gasteiger partial charge in [0.1, 0.15) is 23.3 Å². The van der Waals surface area contributed by atoms with E-state index in [0.29, 0.717) is 22.9 Å². The number of thioether (sulfide) groups is 1. The molecule has 0 saturated carbocycles. The fourth-order valence-electron chi connectivity index (χ4n) is 3.97. The van der Waals surface area contributed by atoms with Gasteiger partial charge in [-0.1, -0.05) is 41.9 Å². The minimum atomic E-state index is -1.17. The van der Waals surface area contributed by atoms with Gasteiger partial charge in [0.15, 0.2) is 5.17 Å². The number of ether oxygens (including phenoxy) is 1. The number of aliphatic hydroxyl groups is 1. The van der Waals surface area contributed by atoms with E-state index in [0.717, 1.165) is 6.07 Å². The first-order valence-electron chi connectivity index (χ1n) is 9.73. The van der Waals surface area contributed by atoms with Crippen LogP contribution in [0.1, 0.15) is 22.3 Å². The molecule has 0 bridgehead atoms. The normalized spacial score (nSPS) is 26.2. The Morgan fingerprint density at radius 3 is 2.81 bits per heavy atom. The SMILES string of the molecule is C#CC(O)C1C[C@H]2CSC(NC(=O)c3ccccc3)=N[C@@]2(c2ccc(F)cc2F)CO1. The number of carbonyl (C=O) groups excluding carboxylic acids is 1. The lowest BCUT2D eigenvalue weighted by molar-refractivity contribution is -0.0936. The van der Waals surface area contributed by atoms with Crippen LogP contribution in [-0.2, 0) is 10.3 Å². The van der Waals surface area contributed by atoms with E-state index >= 15 is 0 Å². The van der Waals surface area contributed by atoms with Gasteiger partial charge in [-0.15, -0.1) is 6.42 Å². The first-order chi connectivity index (χ1) is 14.9. The second-order valence-electron chi connectivity index (χ2n) is 7.49. The summed E-state index contributed by atoms with van der Waals surface area (Å²) in [5, 5.41) is 13.1. The fourth-order valence-corrected chi connectivity index (χ4v) is 5.13. The van der Waals surface area contributed by atoms with Gasteiger partial charge in [0.25, 0.3) is 5.91 Å². The molecule has 0 spiro atoms. The van der Waals surface area contributed by atoms with Gasteiger partial charge in [-0.3, -0.25) is 4.79 Å². The highest BCUT2D eigenvalue weighted by Crippen LogP contribution is 2.47. The third-order valence-corrected chi connectivity index (χ3v) is 6.64. The van der Waals surface area contributed by atoms with Gasteiger partial charge in [-0.05, 0) is 24.6 Å². The average molecular weight is 442 g/mol. The van der Waals surface area contributed by atoms with E-state index in [1.165, 1.54) is 23.9 Å². The standard InChI is InChI=1S/C23H20F2N2O3S/c1-2-19(28)20-10-15-12-31-22(26-21(29)14-6-4-3-5-7-14)27-23(15,13-30-20)17-9-8-16(24)11-18(17)25/h1,3-9,11,15,19-20,28H,10,12-13H2,(H,26,27,29)/t15-,19?,20?,23-/m0/s1. The van der Waals surface area contributed by atoms with Gasteiger partial charge in [-0.2, -0.15) is 0 Å². The summed E-state index contributed by atoms with van der Waals surface area (Å²) in [6.45, 7) is -0.0606. The Hall–Kier alpha value is -2.73. The summed E-state index contributed by atoms with van der Waals surface area (Å²) in [4.78, 5) is 17.3. The Balaban J connectivity index is 1.70. The topological polar surface area (TPSA) is 70.9 Å². The van der Waals surface area contributed by atoms with Crippen molar-refractivity contribution in [2.45, 2.75) is 24.2 Å². The monoisotopic (exact) mass is 442 g/mol. The molecule has 5 nitrogen and oxygen atoms in total. The van der Waals surface area contributed by atoms with Crippen molar-refractivity contribution in [3.8, 4) is 12.3 Å². The minimum Gasteiger partial charge on any atom is -0.378 e. The summed E-state index contributed by atoms with van der Waals surface area (Å²) in [5.74, 6) is 0.737. The first kappa shape index (κ1) is 21.5. The number of halogens is 2. The number of amidine groups is 1. The van der Waals surface area contributed by atoms with Crippen LogP contribution in [0.15, 0.2) is 53.5 Å². The quantitative estimate of drug-likeness (QED) is 0.717. The summed E-state index contributed by atoms with van der Waals surface area (Å²) >= 11 is 1.33. The summed E-state index contributed by atoms with van der Waals surface area (Å²) in [6.07, 6.45) is 3.97. The van der Waals surface area contributed by atoms with Gasteiger partial charge >= 0.3 is 0 Å². The Labute approximate surface area is 182 Å². The van der Waals surface area contributed by atoms with E-state index in [1.54, 1.807) is 30.3 Å². The predicted octanol–water partition coefficient (Wildman–Crippen LogP) is 3.09. The highest BCUT2D eigenvalue weighted by atomic mass is 32.2. The molecule has 0 aromatic heterocycles. The lowest BCUT2D eigenvalue weighted by atomic mass is 9.74. The lowest BCUT2D eigenvalue weighted by Gasteiger charge is -2.47. The highest BCUT2D eigenvalue weighted by molar-refractivity contribution is 8.13. The molecule has 1 saturated heterocycles. The van der Waals surface area contributed by atoms with E-state index in [-0.39, 0.29) is 24.0 Å². The van der Waals surface area contributed by atoms with E-state index in [9.17, 15) is 18.7 Å². The number of hydrogen-bond acceptors (Lipinski definition) is 5. The molecule has 0 aliphatic carbocycles. The van der Waals surface area contributed by atoms with Crippen LogP contribution in [0.25, 0.3) is 0 Å². The number of aliphatic hydroxyl groups excluding tert-OH is 1. The molecule has 160 valence electrons. The van der Waals surface area contributed by atoms with Crippen molar-refractivity contribution in [1.82, 2.24) is 5.32 Å². The van der Waals surface area contributed by atoms with Crippen molar-refractivity contribution in [2.24, 2.45) is 10.9 Å². The third-order valence-electron chi connectivity index (χ3n) is 5.61. The second-order valence-corrected chi connectivity index (χ2v) is 8.50. The number of nitrogens with zero attached hydrogens (tertiary/aromatic N) is 1. The van der Waals surface area contributed by atoms with E-state index in [1.807, 2.05) is 0 Å². The average Bonchev–Trinajstić information content (AvgIpc) is 2.78. The van der Waals surface area contributed by atoms with Crippen LogP contribution in [0.5, 0.6) is 0 Å². The molecule has 2 aliphatic heterocycles. The molecular formula is C23H20F2N2O3S. The summed E-state index contributed by atoms with van der Waals surface area (Å²) in [7, 11) is 0. The maximum absolute atomic E-state index is 14.8. The number of fused-ring (bicyclic) bond motifs is 1. The zero-order valence-corrected chi connectivity index (χ0v) is 17.2. The van der Waals surface area contributed by atoms with Crippen molar-refractivity contribution in [1.29, 1.82) is 0 Å². The highest BCUT2D eigenvalue weighted by Gasteiger charge is 2.50. The Morgan fingerprint density at radius 1 is 1.32 bits per heavy atom. The molecule has 2 aliphatic rings. The van der Waals surface area contributed by atoms with Crippen molar-refractivity contribution < 1.29 is 23.4 Å². The van der Waals surface area contributed by atoms with Gasteiger partial charge in [0, 0.05) is 28.9 Å². The zero-order valence-electron chi connectivity index (χ0n) is 16.4. The smallest absolute Gasteiger partial charge is 0.257 e. The molecule has 0 radical (unpaired) electrons. The Morgan fingerprint density at radius 2 is 2.10 bits per heavy atom. The van der Waals surface area contributed by atoms with Gasteiger partial charge in [0.05, 0.1) is 12.7 Å². The van der Waals surface area contributed by atoms with Gasteiger partial charge in [-0.25, -0.2) is 13.8 Å². The molecule has 31 heavy (non-hydrogen) atoms. The second kappa shape index (κ2) is 8.79. The molecule has 4 rings (SSSR count). The van der Waals surface area contributed by atoms with Crippen LogP contribution in [-0.4, -0.2) is 40.7 Å². The minimum absolute atomic E-state index is 0.0606. The van der Waals surface area contributed by atoms with Crippen molar-refractivity contribution in [3.05, 3.63) is 71.3 Å². The molecule has 2 unspecified atom stereocenters. The number of rotatable bonds is 3. The molecule has 2 aromatic rings. The number of hydrogen-bond donors (Lipinski definition) is 2. The zero-order chi connectivity index (χ0) is 22.0. The van der Waals surface area contributed by atoms with E-state index < -0.39 is 29.4 Å². The number of nitrogens with one attached hydrogen (secondary N) is 1. The van der Waals surface area contributed by atoms with Gasteiger partial charge in [0.2, 0.25) is 0 Å². The molecule has 2 N–H and O–H groups in total. The van der Waals surface area contributed by atoms with Crippen LogP contribution < -0.4 is 5.32 Å². The molecule has 1 amide bonds. The summed E-state index contributed by atoms with van der Waals surface area (Å²) in [5.41, 5.74) is -0.529. The number of aliphatic imine (C=N–C) groups is 1. The van der Waals surface area contributed by atoms with Crippen LogP contribution in [0, 0.1) is 29.9 Å². The van der Waals surface area contributed by atoms with Crippen LogP contribution in [0.4, 0.5) is 8.78 Å². The molecular weight excluding hydrogens is 422 g/mol. The van der Waals surface area contributed by atoms with Crippen LogP contribution in [0.2, 0.25) is 0 Å². The maximum Gasteiger partial charge on any atom is 0.257 e. The number of terminal acetylenes is 1. The number of carbonyl (C=O) groups is 1. The maximum atomic E-state index is 14.8. The fraction of sp³-hybridized carbons (Fsp3) is 0.304. The molecule has 4 atom stereocenters. The number of benzene rings is 2. The molecule has 1 fully saturated rings. The molecule has 8 heteroatoms. The van der Waals surface area contributed by atoms with Gasteiger partial charge < -0.3 is 15.2 Å². The molecule has 2 aromatic carbocycles. The first-order valence-corrected chi connectivity index (χ1v) is 10.7. The molecule has 2 heterocycles. The summed E-state index contributed by atoms with van der Waals surface area (Å²) < 4.78 is 34.2. The van der Waals surface area contributed by atoms with Crippen LogP contribution in [0.3, 0.4) is 0 Å². The van der Waals surface area contributed by atoms with Crippen LogP contribution >= 0.6 is 11.8 Å². The summed E-state index contributed by atoms with van der Waals surface area (Å²) in [6, 6.07) is 12.0. The number of amides is 1. The third kappa shape index (κ3) is 4.22. The van der Waals surface area contributed by atoms with E-state index in [2.05, 4.69) is 11.2 Å². The Bertz CT molecular complexity index is 1060. The van der Waals surface area contributed by atoms with Crippen molar-refractivity contribution >= 4 is 22.8 Å². The predicted molar refractivity (Wildman–Crippen MR) is 115 cm³/mol. The Kier molecular flexibility index (Phi) is 6.10. The van der Waals surface area contributed by atoms with E-state index in [4.69, 9.17) is 16.2 Å². The lowest BCUT2D eigenvalue weighted by Crippen LogP contribution is -2.53.